The van der Waals surface area contributed by atoms with Crippen molar-refractivity contribution in [1.82, 2.24) is 18.9 Å². The standard InChI is InChI=1S/C13H18ClN5O2/c1-4-5-18-7-10(15)12(20)19(13(18)21)6-9-8(2)16-17(3)11(9)14/h7H,4-6,15H2,1-3H3. The van der Waals surface area contributed by atoms with Crippen LogP contribution < -0.4 is 17.0 Å². The van der Waals surface area contributed by atoms with Crippen LogP contribution in [0.25, 0.3) is 0 Å². The van der Waals surface area contributed by atoms with Gasteiger partial charge < -0.3 is 5.73 Å². The number of hydrogen-bond donors (Lipinski definition) is 1. The molecule has 0 aliphatic carbocycles. The van der Waals surface area contributed by atoms with E-state index in [1.165, 1.54) is 15.4 Å². The van der Waals surface area contributed by atoms with Gasteiger partial charge in [0.1, 0.15) is 10.8 Å². The van der Waals surface area contributed by atoms with Gasteiger partial charge in [-0.25, -0.2) is 4.79 Å². The maximum Gasteiger partial charge on any atom is 0.331 e. The number of nitrogens with zero attached hydrogens (tertiary/aromatic N) is 4. The van der Waals surface area contributed by atoms with Gasteiger partial charge in [-0.15, -0.1) is 0 Å². The monoisotopic (exact) mass is 311 g/mol. The van der Waals surface area contributed by atoms with Crippen LogP contribution in [0.15, 0.2) is 15.8 Å². The molecule has 0 atom stereocenters. The smallest absolute Gasteiger partial charge is 0.331 e. The molecule has 2 aromatic rings. The van der Waals surface area contributed by atoms with Gasteiger partial charge in [0.05, 0.1) is 12.2 Å². The second kappa shape index (κ2) is 5.77. The maximum atomic E-state index is 12.4. The number of nitrogen functional groups attached to an aromatic ring is 1. The lowest BCUT2D eigenvalue weighted by Gasteiger charge is -2.10. The van der Waals surface area contributed by atoms with Crippen molar-refractivity contribution in [2.24, 2.45) is 7.05 Å². The molecule has 2 rings (SSSR count). The molecule has 0 aliphatic rings. The molecule has 0 aliphatic heterocycles. The first-order valence-electron chi connectivity index (χ1n) is 6.64. The van der Waals surface area contributed by atoms with Gasteiger partial charge in [0.25, 0.3) is 5.56 Å². The van der Waals surface area contributed by atoms with Crippen LogP contribution in [0.1, 0.15) is 24.6 Å². The molecular formula is C13H18ClN5O2. The van der Waals surface area contributed by atoms with Crippen LogP contribution in [-0.4, -0.2) is 18.9 Å². The average Bonchev–Trinajstić information content (AvgIpc) is 2.67. The zero-order valence-electron chi connectivity index (χ0n) is 12.3. The molecule has 0 amide bonds. The van der Waals surface area contributed by atoms with Gasteiger partial charge in [-0.05, 0) is 13.3 Å². The van der Waals surface area contributed by atoms with Crippen molar-refractivity contribution < 1.29 is 0 Å². The van der Waals surface area contributed by atoms with Crippen LogP contribution in [0.4, 0.5) is 5.69 Å². The van der Waals surface area contributed by atoms with Crippen molar-refractivity contribution in [3.8, 4) is 0 Å². The van der Waals surface area contributed by atoms with Gasteiger partial charge in [-0.3, -0.25) is 18.6 Å². The molecule has 0 unspecified atom stereocenters. The lowest BCUT2D eigenvalue weighted by Crippen LogP contribution is -2.41. The van der Waals surface area contributed by atoms with E-state index in [2.05, 4.69) is 5.10 Å². The first-order valence-corrected chi connectivity index (χ1v) is 7.02. The Hall–Kier alpha value is -2.02. The van der Waals surface area contributed by atoms with E-state index < -0.39 is 11.2 Å². The van der Waals surface area contributed by atoms with Gasteiger partial charge in [-0.2, -0.15) is 5.10 Å². The highest BCUT2D eigenvalue weighted by molar-refractivity contribution is 6.30. The van der Waals surface area contributed by atoms with Crippen molar-refractivity contribution in [2.45, 2.75) is 33.4 Å². The van der Waals surface area contributed by atoms with Crippen LogP contribution in [0.3, 0.4) is 0 Å². The van der Waals surface area contributed by atoms with Crippen molar-refractivity contribution in [3.63, 3.8) is 0 Å². The summed E-state index contributed by atoms with van der Waals surface area (Å²) in [7, 11) is 1.70. The molecule has 0 spiro atoms. The van der Waals surface area contributed by atoms with E-state index in [0.717, 1.165) is 11.0 Å². The minimum absolute atomic E-state index is 0.0423. The Morgan fingerprint density at radius 1 is 1.38 bits per heavy atom. The van der Waals surface area contributed by atoms with Crippen LogP contribution in [0, 0.1) is 6.92 Å². The van der Waals surface area contributed by atoms with Gasteiger partial charge in [0.15, 0.2) is 0 Å². The first kappa shape index (κ1) is 15.4. The van der Waals surface area contributed by atoms with E-state index in [9.17, 15) is 9.59 Å². The second-order valence-corrected chi connectivity index (χ2v) is 5.29. The number of anilines is 1. The van der Waals surface area contributed by atoms with E-state index in [-0.39, 0.29) is 12.2 Å². The number of aromatic nitrogens is 4. The molecule has 114 valence electrons. The first-order chi connectivity index (χ1) is 9.86. The van der Waals surface area contributed by atoms with Crippen molar-refractivity contribution in [1.29, 1.82) is 0 Å². The predicted octanol–water partition coefficient (Wildman–Crippen LogP) is 0.746. The van der Waals surface area contributed by atoms with E-state index in [0.29, 0.717) is 23.0 Å². The molecule has 2 heterocycles. The quantitative estimate of drug-likeness (QED) is 0.902. The van der Waals surface area contributed by atoms with E-state index in [1.807, 2.05) is 6.92 Å². The zero-order chi connectivity index (χ0) is 15.7. The highest BCUT2D eigenvalue weighted by Crippen LogP contribution is 2.18. The highest BCUT2D eigenvalue weighted by Gasteiger charge is 2.16. The Bertz CT molecular complexity index is 787. The summed E-state index contributed by atoms with van der Waals surface area (Å²) < 4.78 is 4.05. The SMILES string of the molecule is CCCn1cc(N)c(=O)n(Cc2c(C)nn(C)c2Cl)c1=O. The summed E-state index contributed by atoms with van der Waals surface area (Å²) in [6, 6.07) is 0. The van der Waals surface area contributed by atoms with Crippen molar-refractivity contribution >= 4 is 17.3 Å². The number of halogens is 1. The fourth-order valence-electron chi connectivity index (χ4n) is 2.23. The summed E-state index contributed by atoms with van der Waals surface area (Å²) in [5, 5.41) is 4.58. The molecule has 0 saturated heterocycles. The number of aryl methyl sites for hydroxylation is 3. The fraction of sp³-hybridized carbons (Fsp3) is 0.462. The molecule has 0 saturated carbocycles. The fourth-order valence-corrected chi connectivity index (χ4v) is 2.46. The third-order valence-corrected chi connectivity index (χ3v) is 3.79. The third-order valence-electron chi connectivity index (χ3n) is 3.31. The summed E-state index contributed by atoms with van der Waals surface area (Å²) >= 11 is 6.15. The molecule has 0 fully saturated rings. The normalized spacial score (nSPS) is 11.0. The zero-order valence-corrected chi connectivity index (χ0v) is 13.0. The molecule has 0 radical (unpaired) electrons. The summed E-state index contributed by atoms with van der Waals surface area (Å²) in [5.74, 6) is 0. The Balaban J connectivity index is 2.59. The van der Waals surface area contributed by atoms with E-state index in [1.54, 1.807) is 14.0 Å². The number of rotatable bonds is 4. The van der Waals surface area contributed by atoms with E-state index >= 15 is 0 Å². The Morgan fingerprint density at radius 2 is 2.05 bits per heavy atom. The van der Waals surface area contributed by atoms with Crippen LogP contribution in [0.5, 0.6) is 0 Å². The average molecular weight is 312 g/mol. The van der Waals surface area contributed by atoms with Crippen molar-refractivity contribution in [3.05, 3.63) is 43.4 Å². The third kappa shape index (κ3) is 2.73. The van der Waals surface area contributed by atoms with Crippen LogP contribution in [-0.2, 0) is 20.1 Å². The minimum Gasteiger partial charge on any atom is -0.393 e. The minimum atomic E-state index is -0.508. The molecule has 0 aromatic carbocycles. The van der Waals surface area contributed by atoms with Gasteiger partial charge in [0.2, 0.25) is 0 Å². The summed E-state index contributed by atoms with van der Waals surface area (Å²) in [4.78, 5) is 24.5. The molecule has 21 heavy (non-hydrogen) atoms. The van der Waals surface area contributed by atoms with Crippen LogP contribution >= 0.6 is 11.6 Å². The van der Waals surface area contributed by atoms with Gasteiger partial charge in [0, 0.05) is 25.4 Å². The Labute approximate surface area is 126 Å². The second-order valence-electron chi connectivity index (χ2n) is 4.93. The number of hydrogen-bond acceptors (Lipinski definition) is 4. The lowest BCUT2D eigenvalue weighted by molar-refractivity contribution is 0.573. The molecule has 2 N–H and O–H groups in total. The van der Waals surface area contributed by atoms with Gasteiger partial charge >= 0.3 is 5.69 Å². The Kier molecular flexibility index (Phi) is 4.22. The van der Waals surface area contributed by atoms with Gasteiger partial charge in [-0.1, -0.05) is 18.5 Å². The largest absolute Gasteiger partial charge is 0.393 e. The summed E-state index contributed by atoms with van der Waals surface area (Å²) in [6.07, 6.45) is 2.16. The summed E-state index contributed by atoms with van der Waals surface area (Å²) in [6.45, 7) is 4.29. The van der Waals surface area contributed by atoms with Crippen LogP contribution in [0.2, 0.25) is 5.15 Å². The lowest BCUT2D eigenvalue weighted by atomic mass is 10.2. The Morgan fingerprint density at radius 3 is 2.57 bits per heavy atom. The molecule has 2 aromatic heterocycles. The predicted molar refractivity (Wildman–Crippen MR) is 81.7 cm³/mol. The number of nitrogens with two attached hydrogens (primary N) is 1. The van der Waals surface area contributed by atoms with E-state index in [4.69, 9.17) is 17.3 Å². The summed E-state index contributed by atoms with van der Waals surface area (Å²) in [5.41, 5.74) is 6.17. The topological polar surface area (TPSA) is 87.8 Å². The van der Waals surface area contributed by atoms with Crippen molar-refractivity contribution in [2.75, 3.05) is 5.73 Å². The highest BCUT2D eigenvalue weighted by atomic mass is 35.5. The molecular weight excluding hydrogens is 294 g/mol. The molecule has 8 heteroatoms. The molecule has 7 nitrogen and oxygen atoms in total. The maximum absolute atomic E-state index is 12.4. The molecule has 0 bridgehead atoms.